The minimum atomic E-state index is -0.284. The lowest BCUT2D eigenvalue weighted by Gasteiger charge is -2.27. The Kier molecular flexibility index (Phi) is 7.61. The topological polar surface area (TPSA) is 77.1 Å². The number of rotatable bonds is 8. The summed E-state index contributed by atoms with van der Waals surface area (Å²) in [5, 5.41) is 2.85. The molecule has 1 heterocycles. The zero-order valence-electron chi connectivity index (χ0n) is 16.6. The van der Waals surface area contributed by atoms with Gasteiger partial charge in [0.05, 0.1) is 31.1 Å². The van der Waals surface area contributed by atoms with Crippen LogP contribution in [-0.2, 0) is 9.47 Å². The van der Waals surface area contributed by atoms with E-state index in [9.17, 15) is 9.59 Å². The second kappa shape index (κ2) is 10.6. The van der Waals surface area contributed by atoms with Crippen LogP contribution in [-0.4, -0.2) is 62.8 Å². The molecule has 1 aliphatic rings. The first-order valence-corrected chi connectivity index (χ1v) is 9.77. The number of nitrogens with zero attached hydrogens (tertiary/aromatic N) is 1. The zero-order valence-corrected chi connectivity index (χ0v) is 16.6. The van der Waals surface area contributed by atoms with Crippen LogP contribution in [0.25, 0.3) is 0 Å². The van der Waals surface area contributed by atoms with E-state index in [0.29, 0.717) is 68.7 Å². The minimum Gasteiger partial charge on any atom is -0.491 e. The van der Waals surface area contributed by atoms with Crippen LogP contribution in [0.4, 0.5) is 5.69 Å². The van der Waals surface area contributed by atoms with Crippen LogP contribution >= 0.6 is 0 Å². The maximum absolute atomic E-state index is 12.8. The Balaban J connectivity index is 1.64. The molecular weight excluding hydrogens is 372 g/mol. The summed E-state index contributed by atoms with van der Waals surface area (Å²) in [7, 11) is 0. The summed E-state index contributed by atoms with van der Waals surface area (Å²) in [4.78, 5) is 27.2. The number of ether oxygens (including phenoxy) is 3. The molecule has 0 aromatic heterocycles. The molecule has 2 aromatic carbocycles. The fourth-order valence-corrected chi connectivity index (χ4v) is 2.98. The van der Waals surface area contributed by atoms with Crippen LogP contribution in [0, 0.1) is 0 Å². The fraction of sp³-hybridized carbons (Fsp3) is 0.364. The average Bonchev–Trinajstić information content (AvgIpc) is 2.77. The number of hydrogen-bond acceptors (Lipinski definition) is 5. The molecular formula is C22H26N2O5. The summed E-state index contributed by atoms with van der Waals surface area (Å²) < 4.78 is 16.1. The smallest absolute Gasteiger partial charge is 0.256 e. The lowest BCUT2D eigenvalue weighted by Crippen LogP contribution is -2.41. The van der Waals surface area contributed by atoms with E-state index in [1.54, 1.807) is 53.4 Å². The van der Waals surface area contributed by atoms with E-state index in [-0.39, 0.29) is 11.8 Å². The highest BCUT2D eigenvalue weighted by atomic mass is 16.5. The van der Waals surface area contributed by atoms with Gasteiger partial charge in [-0.1, -0.05) is 12.1 Å². The molecule has 0 saturated carbocycles. The molecule has 7 heteroatoms. The molecule has 1 fully saturated rings. The Hall–Kier alpha value is -2.90. The van der Waals surface area contributed by atoms with Gasteiger partial charge in [-0.05, 0) is 43.3 Å². The van der Waals surface area contributed by atoms with E-state index in [0.717, 1.165) is 0 Å². The summed E-state index contributed by atoms with van der Waals surface area (Å²) in [6, 6.07) is 13.9. The number of benzene rings is 2. The summed E-state index contributed by atoms with van der Waals surface area (Å²) in [5.41, 5.74) is 1.44. The van der Waals surface area contributed by atoms with Crippen molar-refractivity contribution >= 4 is 17.5 Å². The Labute approximate surface area is 170 Å². The van der Waals surface area contributed by atoms with Gasteiger partial charge in [0.1, 0.15) is 12.4 Å². The molecule has 0 bridgehead atoms. The van der Waals surface area contributed by atoms with Gasteiger partial charge in [-0.3, -0.25) is 9.59 Å². The normalized spacial score (nSPS) is 13.8. The minimum absolute atomic E-state index is 0.109. The van der Waals surface area contributed by atoms with Crippen LogP contribution in [0.2, 0.25) is 0 Å². The lowest BCUT2D eigenvalue weighted by molar-refractivity contribution is 0.0303. The third-order valence-electron chi connectivity index (χ3n) is 4.52. The molecule has 7 nitrogen and oxygen atoms in total. The summed E-state index contributed by atoms with van der Waals surface area (Å²) >= 11 is 0. The van der Waals surface area contributed by atoms with Gasteiger partial charge < -0.3 is 24.4 Å². The number of carbonyl (C=O) groups is 2. The summed E-state index contributed by atoms with van der Waals surface area (Å²) in [6.07, 6.45) is 0. The number of anilines is 1. The molecule has 3 rings (SSSR count). The standard InChI is InChI=1S/C22H26N2O5/c1-2-27-15-16-29-18-9-7-17(8-10-18)21(25)23-20-6-4-3-5-19(20)22(26)24-11-13-28-14-12-24/h3-10H,2,11-16H2,1H3,(H,23,25). The van der Waals surface area contributed by atoms with E-state index in [1.807, 2.05) is 6.92 Å². The van der Waals surface area contributed by atoms with Gasteiger partial charge in [0.25, 0.3) is 11.8 Å². The van der Waals surface area contributed by atoms with Crippen LogP contribution < -0.4 is 10.1 Å². The quantitative estimate of drug-likeness (QED) is 0.692. The maximum Gasteiger partial charge on any atom is 0.256 e. The van der Waals surface area contributed by atoms with Gasteiger partial charge in [-0.15, -0.1) is 0 Å². The molecule has 2 aromatic rings. The van der Waals surface area contributed by atoms with Crippen molar-refractivity contribution in [2.75, 3.05) is 51.4 Å². The highest BCUT2D eigenvalue weighted by molar-refractivity contribution is 6.09. The van der Waals surface area contributed by atoms with Crippen LogP contribution in [0.15, 0.2) is 48.5 Å². The zero-order chi connectivity index (χ0) is 20.5. The number of amides is 2. The predicted molar refractivity (Wildman–Crippen MR) is 110 cm³/mol. The number of hydrogen-bond donors (Lipinski definition) is 1. The van der Waals surface area contributed by atoms with Crippen molar-refractivity contribution in [3.8, 4) is 5.75 Å². The SMILES string of the molecule is CCOCCOc1ccc(C(=O)Nc2ccccc2C(=O)N2CCOCC2)cc1. The summed E-state index contributed by atoms with van der Waals surface area (Å²) in [6.45, 7) is 5.71. The number of para-hydroxylation sites is 1. The van der Waals surface area contributed by atoms with Crippen molar-refractivity contribution in [1.82, 2.24) is 4.90 Å². The first kappa shape index (κ1) is 20.8. The first-order valence-electron chi connectivity index (χ1n) is 9.77. The molecule has 0 atom stereocenters. The predicted octanol–water partition coefficient (Wildman–Crippen LogP) is 2.83. The van der Waals surface area contributed by atoms with Crippen molar-refractivity contribution in [3.05, 3.63) is 59.7 Å². The van der Waals surface area contributed by atoms with Crippen molar-refractivity contribution in [2.24, 2.45) is 0 Å². The largest absolute Gasteiger partial charge is 0.491 e. The monoisotopic (exact) mass is 398 g/mol. The maximum atomic E-state index is 12.8. The Morgan fingerprint density at radius 1 is 1.03 bits per heavy atom. The molecule has 0 radical (unpaired) electrons. The Morgan fingerprint density at radius 2 is 1.76 bits per heavy atom. The van der Waals surface area contributed by atoms with E-state index in [4.69, 9.17) is 14.2 Å². The molecule has 1 N–H and O–H groups in total. The Morgan fingerprint density at radius 3 is 2.48 bits per heavy atom. The van der Waals surface area contributed by atoms with Crippen molar-refractivity contribution in [3.63, 3.8) is 0 Å². The van der Waals surface area contributed by atoms with E-state index in [1.165, 1.54) is 0 Å². The van der Waals surface area contributed by atoms with Gasteiger partial charge in [0, 0.05) is 25.3 Å². The molecule has 154 valence electrons. The van der Waals surface area contributed by atoms with Crippen molar-refractivity contribution in [1.29, 1.82) is 0 Å². The van der Waals surface area contributed by atoms with E-state index < -0.39 is 0 Å². The average molecular weight is 398 g/mol. The van der Waals surface area contributed by atoms with Crippen LogP contribution in [0.3, 0.4) is 0 Å². The number of carbonyl (C=O) groups excluding carboxylic acids is 2. The van der Waals surface area contributed by atoms with E-state index >= 15 is 0 Å². The molecule has 1 aliphatic heterocycles. The third kappa shape index (κ3) is 5.79. The highest BCUT2D eigenvalue weighted by Crippen LogP contribution is 2.20. The van der Waals surface area contributed by atoms with Gasteiger partial charge in [0.2, 0.25) is 0 Å². The molecule has 1 saturated heterocycles. The number of nitrogens with one attached hydrogen (secondary N) is 1. The van der Waals surface area contributed by atoms with Crippen LogP contribution in [0.5, 0.6) is 5.75 Å². The molecule has 0 spiro atoms. The second-order valence-corrected chi connectivity index (χ2v) is 6.47. The second-order valence-electron chi connectivity index (χ2n) is 6.47. The van der Waals surface area contributed by atoms with Gasteiger partial charge in [-0.25, -0.2) is 0 Å². The van der Waals surface area contributed by atoms with Crippen molar-refractivity contribution in [2.45, 2.75) is 6.92 Å². The number of morpholine rings is 1. The van der Waals surface area contributed by atoms with Crippen molar-refractivity contribution < 1.29 is 23.8 Å². The molecule has 0 unspecified atom stereocenters. The summed E-state index contributed by atoms with van der Waals surface area (Å²) in [5.74, 6) is 0.277. The van der Waals surface area contributed by atoms with Gasteiger partial charge >= 0.3 is 0 Å². The van der Waals surface area contributed by atoms with E-state index in [2.05, 4.69) is 5.32 Å². The third-order valence-corrected chi connectivity index (χ3v) is 4.52. The molecule has 29 heavy (non-hydrogen) atoms. The lowest BCUT2D eigenvalue weighted by atomic mass is 10.1. The van der Waals surface area contributed by atoms with Crippen LogP contribution in [0.1, 0.15) is 27.6 Å². The van der Waals surface area contributed by atoms with Gasteiger partial charge in [-0.2, -0.15) is 0 Å². The first-order chi connectivity index (χ1) is 14.2. The molecule has 0 aliphatic carbocycles. The Bertz CT molecular complexity index is 816. The van der Waals surface area contributed by atoms with Gasteiger partial charge in [0.15, 0.2) is 0 Å². The fourth-order valence-electron chi connectivity index (χ4n) is 2.98. The highest BCUT2D eigenvalue weighted by Gasteiger charge is 2.21. The molecule has 2 amide bonds.